The van der Waals surface area contributed by atoms with Gasteiger partial charge in [-0.2, -0.15) is 0 Å². The number of cyclic esters (lactones) is 1. The number of aromatic hydroxyl groups is 2. The highest BCUT2D eigenvalue weighted by Gasteiger charge is 2.33. The zero-order chi connectivity index (χ0) is 33.4. The topological polar surface area (TPSA) is 145 Å². The van der Waals surface area contributed by atoms with Crippen LogP contribution in [0.2, 0.25) is 5.02 Å². The van der Waals surface area contributed by atoms with Gasteiger partial charge in [-0.25, -0.2) is 0 Å². The summed E-state index contributed by atoms with van der Waals surface area (Å²) in [5.41, 5.74) is 2.14. The van der Waals surface area contributed by atoms with Crippen LogP contribution in [0.15, 0.2) is 54.1 Å². The number of allylic oxidation sites excluding steroid dienone is 2. The van der Waals surface area contributed by atoms with Gasteiger partial charge >= 0.3 is 5.97 Å². The van der Waals surface area contributed by atoms with E-state index in [1.165, 1.54) is 36.2 Å². The first-order valence-electron chi connectivity index (χ1n) is 15.1. The minimum Gasteiger partial charge on any atom is -0.508 e. The second-order valence-corrected chi connectivity index (χ2v) is 12.6. The van der Waals surface area contributed by atoms with Crippen molar-refractivity contribution in [2.75, 3.05) is 7.05 Å². The molecular weight excluding hydrogens is 598 g/mol. The first kappa shape index (κ1) is 35.4. The molecule has 2 aromatic rings. The summed E-state index contributed by atoms with van der Waals surface area (Å²) in [5.74, 6) is -2.30. The van der Waals surface area contributed by atoms with Gasteiger partial charge in [-0.15, -0.1) is 0 Å². The second-order valence-electron chi connectivity index (χ2n) is 12.2. The Morgan fingerprint density at radius 3 is 2.24 bits per heavy atom. The van der Waals surface area contributed by atoms with Gasteiger partial charge in [-0.05, 0) is 74.9 Å². The molecule has 244 valence electrons. The average Bonchev–Trinajstić information content (AvgIpc) is 2.95. The van der Waals surface area contributed by atoms with Crippen molar-refractivity contribution in [3.8, 4) is 11.5 Å². The van der Waals surface area contributed by atoms with Crippen LogP contribution in [0.1, 0.15) is 71.0 Å². The molecule has 0 spiro atoms. The maximum absolute atomic E-state index is 14.0. The number of phenols is 2. The predicted octanol–water partition coefficient (Wildman–Crippen LogP) is 4.82. The lowest BCUT2D eigenvalue weighted by molar-refractivity contribution is -0.149. The molecule has 0 bridgehead atoms. The Morgan fingerprint density at radius 2 is 1.60 bits per heavy atom. The van der Waals surface area contributed by atoms with Crippen LogP contribution in [0.4, 0.5) is 0 Å². The smallest absolute Gasteiger partial charge is 0.308 e. The molecule has 1 aliphatic rings. The van der Waals surface area contributed by atoms with Crippen molar-refractivity contribution in [1.82, 2.24) is 15.5 Å². The van der Waals surface area contributed by atoms with Crippen molar-refractivity contribution >= 4 is 35.3 Å². The largest absolute Gasteiger partial charge is 0.508 e. The van der Waals surface area contributed by atoms with Crippen molar-refractivity contribution in [2.24, 2.45) is 11.8 Å². The van der Waals surface area contributed by atoms with Crippen LogP contribution in [0.5, 0.6) is 11.5 Å². The summed E-state index contributed by atoms with van der Waals surface area (Å²) in [6.45, 7) is 9.13. The summed E-state index contributed by atoms with van der Waals surface area (Å²) >= 11 is 6.14. The molecule has 3 rings (SSSR count). The van der Waals surface area contributed by atoms with Crippen LogP contribution in [0.25, 0.3) is 0 Å². The zero-order valence-electron chi connectivity index (χ0n) is 26.7. The molecular formula is C34H44ClN3O7. The van der Waals surface area contributed by atoms with Gasteiger partial charge in [0.05, 0.1) is 23.6 Å². The number of carbonyl (C=O) groups excluding carboxylic acids is 4. The number of carbonyl (C=O) groups is 4. The molecule has 10 nitrogen and oxygen atoms in total. The van der Waals surface area contributed by atoms with Gasteiger partial charge in [0, 0.05) is 19.4 Å². The molecule has 4 N–H and O–H groups in total. The monoisotopic (exact) mass is 641 g/mol. The van der Waals surface area contributed by atoms with Crippen molar-refractivity contribution < 1.29 is 34.1 Å². The molecule has 0 aromatic heterocycles. The molecule has 0 saturated carbocycles. The van der Waals surface area contributed by atoms with Gasteiger partial charge in [0.2, 0.25) is 17.7 Å². The van der Waals surface area contributed by atoms with Crippen LogP contribution in [-0.2, 0) is 30.3 Å². The summed E-state index contributed by atoms with van der Waals surface area (Å²) in [6.07, 6.45) is 2.53. The van der Waals surface area contributed by atoms with Crippen molar-refractivity contribution in [1.29, 1.82) is 0 Å². The maximum Gasteiger partial charge on any atom is 0.308 e. The van der Waals surface area contributed by atoms with Gasteiger partial charge in [-0.3, -0.25) is 19.2 Å². The van der Waals surface area contributed by atoms with E-state index in [0.29, 0.717) is 24.0 Å². The fraction of sp³-hybridized carbons (Fsp3) is 0.471. The SMILES string of the molecule is CC1=CC(C)CC(C)OC(=O)CC(c2ccc(O)cc2)NC(=O)C(Cc2ccc(O)c(Cl)c2)N(C)C(=O)C(C)NC(=O)C(C)C1. The highest BCUT2D eigenvalue weighted by Crippen LogP contribution is 2.26. The Morgan fingerprint density at radius 1 is 0.933 bits per heavy atom. The Kier molecular flexibility index (Phi) is 12.4. The molecule has 0 radical (unpaired) electrons. The van der Waals surface area contributed by atoms with E-state index in [9.17, 15) is 29.4 Å². The first-order valence-corrected chi connectivity index (χ1v) is 15.5. The van der Waals surface area contributed by atoms with Crippen LogP contribution in [0.3, 0.4) is 0 Å². The highest BCUT2D eigenvalue weighted by molar-refractivity contribution is 6.32. The number of hydrogen-bond donors (Lipinski definition) is 4. The van der Waals surface area contributed by atoms with Crippen LogP contribution in [0, 0.1) is 11.8 Å². The lowest BCUT2D eigenvalue weighted by Gasteiger charge is -2.32. The summed E-state index contributed by atoms with van der Waals surface area (Å²) in [4.78, 5) is 55.1. The molecule has 6 unspecified atom stereocenters. The number of nitrogens with one attached hydrogen (secondary N) is 2. The van der Waals surface area contributed by atoms with Gasteiger partial charge < -0.3 is 30.5 Å². The third-order valence-electron chi connectivity index (χ3n) is 7.95. The van der Waals surface area contributed by atoms with E-state index in [2.05, 4.69) is 16.7 Å². The Labute approximate surface area is 269 Å². The number of ether oxygens (including phenoxy) is 1. The number of esters is 1. The molecule has 0 aliphatic carbocycles. The third-order valence-corrected chi connectivity index (χ3v) is 8.25. The highest BCUT2D eigenvalue weighted by atomic mass is 35.5. The normalized spacial score (nSPS) is 26.5. The molecule has 2 aromatic carbocycles. The number of nitrogens with zero attached hydrogens (tertiary/aromatic N) is 1. The number of benzene rings is 2. The van der Waals surface area contributed by atoms with Crippen LogP contribution >= 0.6 is 11.6 Å². The molecule has 0 saturated heterocycles. The quantitative estimate of drug-likeness (QED) is 0.278. The average molecular weight is 642 g/mol. The minimum atomic E-state index is -1.09. The lowest BCUT2D eigenvalue weighted by atomic mass is 9.95. The number of phenolic OH excluding ortho intramolecular Hbond substituents is 2. The van der Waals surface area contributed by atoms with E-state index in [1.807, 2.05) is 20.8 Å². The fourth-order valence-corrected chi connectivity index (χ4v) is 5.82. The van der Waals surface area contributed by atoms with Crippen molar-refractivity contribution in [3.63, 3.8) is 0 Å². The standard InChI is InChI=1S/C34H44ClN3O7/c1-19-13-20(2)15-22(4)45-31(41)18-28(25-8-10-26(39)11-9-25)37-33(43)29(17-24-7-12-30(40)27(35)16-24)38(6)34(44)23(5)36-32(42)21(3)14-19/h7-13,16,20-23,28-29,39-40H,14-15,17-18H2,1-6H3,(H,36,42)(H,37,43). The third kappa shape index (κ3) is 10.2. The summed E-state index contributed by atoms with van der Waals surface area (Å²) in [6, 6.07) is 7.77. The summed E-state index contributed by atoms with van der Waals surface area (Å²) < 4.78 is 5.73. The van der Waals surface area contributed by atoms with E-state index in [0.717, 1.165) is 5.57 Å². The van der Waals surface area contributed by atoms with Crippen LogP contribution < -0.4 is 10.6 Å². The van der Waals surface area contributed by atoms with E-state index < -0.39 is 47.9 Å². The Hall–Kier alpha value is -4.05. The second kappa shape index (κ2) is 15.8. The molecule has 0 fully saturated rings. The number of likely N-dealkylation sites (N-methyl/N-ethyl adjacent to an activating group) is 1. The number of amides is 3. The molecule has 6 atom stereocenters. The Balaban J connectivity index is 2.03. The minimum absolute atomic E-state index is 0.0208. The molecule has 3 amide bonds. The van der Waals surface area contributed by atoms with E-state index >= 15 is 0 Å². The number of hydrogen-bond acceptors (Lipinski definition) is 7. The van der Waals surface area contributed by atoms with Crippen molar-refractivity contribution in [3.05, 3.63) is 70.3 Å². The molecule has 45 heavy (non-hydrogen) atoms. The van der Waals surface area contributed by atoms with E-state index in [-0.39, 0.29) is 41.2 Å². The molecule has 11 heteroatoms. The maximum atomic E-state index is 14.0. The van der Waals surface area contributed by atoms with E-state index in [4.69, 9.17) is 16.3 Å². The summed E-state index contributed by atoms with van der Waals surface area (Å²) in [5, 5.41) is 25.5. The van der Waals surface area contributed by atoms with Gasteiger partial charge in [0.1, 0.15) is 23.6 Å². The molecule has 1 heterocycles. The van der Waals surface area contributed by atoms with Crippen molar-refractivity contribution in [2.45, 2.75) is 84.5 Å². The molecule has 1 aliphatic heterocycles. The Bertz CT molecular complexity index is 1410. The lowest BCUT2D eigenvalue weighted by Crippen LogP contribution is -2.55. The predicted molar refractivity (Wildman–Crippen MR) is 171 cm³/mol. The number of rotatable bonds is 3. The zero-order valence-corrected chi connectivity index (χ0v) is 27.4. The van der Waals surface area contributed by atoms with Gasteiger partial charge in [0.15, 0.2) is 0 Å². The van der Waals surface area contributed by atoms with Gasteiger partial charge in [0.25, 0.3) is 0 Å². The summed E-state index contributed by atoms with van der Waals surface area (Å²) in [7, 11) is 1.48. The van der Waals surface area contributed by atoms with Crippen LogP contribution in [-0.4, -0.2) is 64.0 Å². The van der Waals surface area contributed by atoms with Gasteiger partial charge in [-0.1, -0.05) is 55.3 Å². The van der Waals surface area contributed by atoms with E-state index in [1.54, 1.807) is 32.0 Å². The first-order chi connectivity index (χ1) is 21.1. The number of halogens is 1. The fourth-order valence-electron chi connectivity index (χ4n) is 5.62.